The zero-order chi connectivity index (χ0) is 22.5. The van der Waals surface area contributed by atoms with E-state index in [9.17, 15) is 29.6 Å². The van der Waals surface area contributed by atoms with Crippen molar-refractivity contribution in [3.05, 3.63) is 64.2 Å². The molecule has 2 saturated heterocycles. The maximum Gasteiger partial charge on any atom is 0.326 e. The first-order chi connectivity index (χ1) is 14.7. The Kier molecular flexibility index (Phi) is 4.74. The summed E-state index contributed by atoms with van der Waals surface area (Å²) < 4.78 is 4.91. The molecule has 2 amide bonds. The van der Waals surface area contributed by atoms with E-state index in [1.165, 1.54) is 26.2 Å². The summed E-state index contributed by atoms with van der Waals surface area (Å²) in [7, 11) is 1.19. The second-order valence-electron chi connectivity index (χ2n) is 7.67. The Bertz CT molecular complexity index is 1100. The molecule has 31 heavy (non-hydrogen) atoms. The van der Waals surface area contributed by atoms with Gasteiger partial charge in [0.15, 0.2) is 5.75 Å². The highest BCUT2D eigenvalue weighted by Crippen LogP contribution is 2.50. The topological polar surface area (TPSA) is 139 Å². The van der Waals surface area contributed by atoms with Crippen molar-refractivity contribution >= 4 is 29.2 Å². The summed E-state index contributed by atoms with van der Waals surface area (Å²) in [6.07, 6.45) is 0. The minimum absolute atomic E-state index is 0.335. The van der Waals surface area contributed by atoms with Crippen molar-refractivity contribution in [2.75, 3.05) is 12.0 Å². The molecule has 0 aliphatic carbocycles. The van der Waals surface area contributed by atoms with Crippen LogP contribution < -0.4 is 10.2 Å². The monoisotopic (exact) mass is 425 g/mol. The van der Waals surface area contributed by atoms with Crippen molar-refractivity contribution in [1.82, 2.24) is 5.32 Å². The summed E-state index contributed by atoms with van der Waals surface area (Å²) in [5.74, 6) is -4.39. The van der Waals surface area contributed by atoms with Crippen molar-refractivity contribution < 1.29 is 29.2 Å². The number of benzene rings is 2. The molecular weight excluding hydrogens is 406 g/mol. The molecule has 0 spiro atoms. The molecule has 2 unspecified atom stereocenters. The van der Waals surface area contributed by atoms with E-state index in [-0.39, 0.29) is 0 Å². The number of hydrogen-bond acceptors (Lipinski definition) is 8. The summed E-state index contributed by atoms with van der Waals surface area (Å²) in [4.78, 5) is 50.7. The van der Waals surface area contributed by atoms with Crippen LogP contribution in [-0.2, 0) is 19.1 Å². The van der Waals surface area contributed by atoms with Crippen LogP contribution in [0.4, 0.5) is 11.4 Å². The van der Waals surface area contributed by atoms with Gasteiger partial charge in [0.05, 0.1) is 29.6 Å². The summed E-state index contributed by atoms with van der Waals surface area (Å²) in [6.45, 7) is 1.49. The van der Waals surface area contributed by atoms with Gasteiger partial charge >= 0.3 is 11.7 Å². The number of phenols is 1. The molecule has 2 fully saturated rings. The van der Waals surface area contributed by atoms with Gasteiger partial charge in [0.1, 0.15) is 5.54 Å². The molecule has 0 saturated carbocycles. The summed E-state index contributed by atoms with van der Waals surface area (Å²) in [5, 5.41) is 24.1. The molecule has 2 aromatic carbocycles. The summed E-state index contributed by atoms with van der Waals surface area (Å²) in [6, 6.07) is 11.2. The predicted octanol–water partition coefficient (Wildman–Crippen LogP) is 1.68. The van der Waals surface area contributed by atoms with E-state index in [0.29, 0.717) is 11.3 Å². The van der Waals surface area contributed by atoms with Gasteiger partial charge in [-0.05, 0) is 30.7 Å². The zero-order valence-corrected chi connectivity index (χ0v) is 16.6. The summed E-state index contributed by atoms with van der Waals surface area (Å²) in [5.41, 5.74) is -1.29. The second-order valence-corrected chi connectivity index (χ2v) is 7.67. The first-order valence-electron chi connectivity index (χ1n) is 9.47. The smallest absolute Gasteiger partial charge is 0.326 e. The number of phenolic OH excluding ortho intramolecular Hbond substituents is 1. The Morgan fingerprint density at radius 2 is 1.87 bits per heavy atom. The van der Waals surface area contributed by atoms with E-state index in [1.807, 2.05) is 0 Å². The van der Waals surface area contributed by atoms with Crippen molar-refractivity contribution in [2.45, 2.75) is 18.5 Å². The number of nitrogens with zero attached hydrogens (tertiary/aromatic N) is 2. The van der Waals surface area contributed by atoms with Crippen molar-refractivity contribution in [3.63, 3.8) is 0 Å². The van der Waals surface area contributed by atoms with Crippen LogP contribution in [0.5, 0.6) is 5.75 Å². The molecule has 2 heterocycles. The van der Waals surface area contributed by atoms with Gasteiger partial charge in [-0.1, -0.05) is 24.3 Å². The van der Waals surface area contributed by atoms with Gasteiger partial charge in [0.25, 0.3) is 0 Å². The number of rotatable bonds is 4. The summed E-state index contributed by atoms with van der Waals surface area (Å²) >= 11 is 0. The van der Waals surface area contributed by atoms with Crippen LogP contribution in [0.15, 0.2) is 48.5 Å². The number of esters is 1. The highest BCUT2D eigenvalue weighted by atomic mass is 16.6. The van der Waals surface area contributed by atoms with Gasteiger partial charge in [-0.25, -0.2) is 4.90 Å². The van der Waals surface area contributed by atoms with Gasteiger partial charge in [0.2, 0.25) is 11.8 Å². The molecule has 4 rings (SSSR count). The van der Waals surface area contributed by atoms with E-state index in [4.69, 9.17) is 4.74 Å². The predicted molar refractivity (Wildman–Crippen MR) is 107 cm³/mol. The van der Waals surface area contributed by atoms with Crippen molar-refractivity contribution in [1.29, 1.82) is 0 Å². The number of nitro benzene ring substituents is 1. The first kappa shape index (κ1) is 20.5. The Labute approximate surface area is 176 Å². The number of amides is 2. The molecule has 10 heteroatoms. The maximum atomic E-state index is 13.4. The number of imide groups is 1. The largest absolute Gasteiger partial charge is 0.502 e. The van der Waals surface area contributed by atoms with Crippen molar-refractivity contribution in [2.24, 2.45) is 11.8 Å². The number of hydrogen-bond donors (Lipinski definition) is 2. The molecule has 0 bridgehead atoms. The van der Waals surface area contributed by atoms with Crippen LogP contribution in [0.3, 0.4) is 0 Å². The minimum atomic E-state index is -1.52. The number of carbonyl (C=O) groups is 3. The number of ether oxygens (including phenoxy) is 1. The minimum Gasteiger partial charge on any atom is -0.502 e. The van der Waals surface area contributed by atoms with Crippen LogP contribution in [0.1, 0.15) is 18.5 Å². The SMILES string of the molecule is COC(=O)[C@]1(C)N[C@H](c2ccc([N+](=O)[O-])c(O)c2)C2C(=O)N(c3ccccc3)C(=O)C21. The lowest BCUT2D eigenvalue weighted by molar-refractivity contribution is -0.385. The van der Waals surface area contributed by atoms with Crippen LogP contribution in [0.25, 0.3) is 0 Å². The Morgan fingerprint density at radius 1 is 1.19 bits per heavy atom. The molecule has 0 radical (unpaired) electrons. The van der Waals surface area contributed by atoms with E-state index in [2.05, 4.69) is 5.32 Å². The number of nitro groups is 1. The Hall–Kier alpha value is -3.79. The van der Waals surface area contributed by atoms with E-state index < -0.39 is 57.6 Å². The Morgan fingerprint density at radius 3 is 2.45 bits per heavy atom. The van der Waals surface area contributed by atoms with Crippen LogP contribution in [-0.4, -0.2) is 40.5 Å². The molecule has 2 N–H and O–H groups in total. The standard InChI is InChI=1S/C21H19N3O7/c1-21(20(28)31-2)16-15(18(26)23(19(16)27)12-6-4-3-5-7-12)17(22-21)11-8-9-13(24(29)30)14(25)10-11/h3-10,15-17,22,25H,1-2H3/t15?,16?,17-,21-/m1/s1. The van der Waals surface area contributed by atoms with Gasteiger partial charge in [-0.3, -0.25) is 29.8 Å². The lowest BCUT2D eigenvalue weighted by Crippen LogP contribution is -2.54. The Balaban J connectivity index is 1.83. The van der Waals surface area contributed by atoms with E-state index >= 15 is 0 Å². The lowest BCUT2D eigenvalue weighted by Gasteiger charge is -2.28. The second kappa shape index (κ2) is 7.17. The number of para-hydroxylation sites is 1. The normalized spacial score (nSPS) is 27.3. The zero-order valence-electron chi connectivity index (χ0n) is 16.6. The molecule has 10 nitrogen and oxygen atoms in total. The first-order valence-corrected chi connectivity index (χ1v) is 9.47. The molecule has 160 valence electrons. The third kappa shape index (κ3) is 2.95. The number of anilines is 1. The number of fused-ring (bicyclic) bond motifs is 1. The molecule has 4 atom stereocenters. The quantitative estimate of drug-likeness (QED) is 0.326. The van der Waals surface area contributed by atoms with Crippen LogP contribution in [0.2, 0.25) is 0 Å². The van der Waals surface area contributed by atoms with E-state index in [0.717, 1.165) is 11.0 Å². The van der Waals surface area contributed by atoms with Gasteiger partial charge in [-0.2, -0.15) is 0 Å². The molecule has 2 aliphatic rings. The van der Waals surface area contributed by atoms with Gasteiger partial charge in [0, 0.05) is 12.1 Å². The van der Waals surface area contributed by atoms with Gasteiger partial charge < -0.3 is 9.84 Å². The van der Waals surface area contributed by atoms with Crippen LogP contribution in [0, 0.1) is 22.0 Å². The van der Waals surface area contributed by atoms with Gasteiger partial charge in [-0.15, -0.1) is 0 Å². The van der Waals surface area contributed by atoms with Crippen LogP contribution >= 0.6 is 0 Å². The number of carbonyl (C=O) groups excluding carboxylic acids is 3. The highest BCUT2D eigenvalue weighted by Gasteiger charge is 2.67. The average Bonchev–Trinajstić information content (AvgIpc) is 3.21. The fourth-order valence-corrected chi connectivity index (χ4v) is 4.55. The number of methoxy groups -OCH3 is 1. The maximum absolute atomic E-state index is 13.4. The third-order valence-electron chi connectivity index (χ3n) is 5.97. The highest BCUT2D eigenvalue weighted by molar-refractivity contribution is 6.24. The molecule has 2 aliphatic heterocycles. The fraction of sp³-hybridized carbons (Fsp3) is 0.286. The number of aromatic hydroxyl groups is 1. The van der Waals surface area contributed by atoms with E-state index in [1.54, 1.807) is 30.3 Å². The lowest BCUT2D eigenvalue weighted by atomic mass is 9.80. The fourth-order valence-electron chi connectivity index (χ4n) is 4.55. The third-order valence-corrected chi connectivity index (χ3v) is 5.97. The van der Waals surface area contributed by atoms with Crippen molar-refractivity contribution in [3.8, 4) is 5.75 Å². The molecular formula is C21H19N3O7. The molecule has 2 aromatic rings. The molecule has 0 aromatic heterocycles. The average molecular weight is 425 g/mol. The number of nitrogens with one attached hydrogen (secondary N) is 1.